The largest absolute Gasteiger partial charge is 0.465 e. The maximum atomic E-state index is 12.2. The van der Waals surface area contributed by atoms with Crippen LogP contribution in [0.3, 0.4) is 0 Å². The fourth-order valence-electron chi connectivity index (χ4n) is 2.82. The lowest BCUT2D eigenvalue weighted by Gasteiger charge is -2.31. The van der Waals surface area contributed by atoms with E-state index in [9.17, 15) is 9.90 Å². The Bertz CT molecular complexity index is 393. The number of ether oxygens (including phenoxy) is 1. The molecule has 18 heavy (non-hydrogen) atoms. The van der Waals surface area contributed by atoms with Crippen LogP contribution in [0.2, 0.25) is 0 Å². The summed E-state index contributed by atoms with van der Waals surface area (Å²) in [5.74, 6) is -0.251. The van der Waals surface area contributed by atoms with Crippen molar-refractivity contribution in [2.45, 2.75) is 38.7 Å². The number of esters is 1. The molecule has 98 valence electrons. The average molecular weight is 248 g/mol. The third-order valence-electron chi connectivity index (χ3n) is 3.82. The number of rotatable bonds is 4. The van der Waals surface area contributed by atoms with E-state index in [2.05, 4.69) is 0 Å². The van der Waals surface area contributed by atoms with Gasteiger partial charge < -0.3 is 9.84 Å². The normalized spacial score (nSPS) is 19.4. The highest BCUT2D eigenvalue weighted by molar-refractivity contribution is 5.78. The van der Waals surface area contributed by atoms with Gasteiger partial charge in [-0.2, -0.15) is 0 Å². The van der Waals surface area contributed by atoms with Gasteiger partial charge in [-0.1, -0.05) is 43.2 Å². The molecule has 0 heterocycles. The molecule has 0 aliphatic heterocycles. The van der Waals surface area contributed by atoms with Gasteiger partial charge in [0, 0.05) is 0 Å². The average Bonchev–Trinajstić information content (AvgIpc) is 2.90. The molecule has 1 aliphatic rings. The van der Waals surface area contributed by atoms with Gasteiger partial charge in [0.15, 0.2) is 0 Å². The van der Waals surface area contributed by atoms with E-state index < -0.39 is 11.5 Å². The van der Waals surface area contributed by atoms with Crippen molar-refractivity contribution in [2.75, 3.05) is 6.61 Å². The van der Waals surface area contributed by atoms with E-state index in [1.807, 2.05) is 30.3 Å². The summed E-state index contributed by atoms with van der Waals surface area (Å²) in [5.41, 5.74) is 0.0598. The van der Waals surface area contributed by atoms with Crippen molar-refractivity contribution in [3.8, 4) is 0 Å². The van der Waals surface area contributed by atoms with Crippen molar-refractivity contribution in [3.05, 3.63) is 35.9 Å². The minimum absolute atomic E-state index is 0.251. The van der Waals surface area contributed by atoms with Gasteiger partial charge in [0.2, 0.25) is 0 Å². The van der Waals surface area contributed by atoms with E-state index in [1.54, 1.807) is 6.92 Å². The van der Waals surface area contributed by atoms with Crippen LogP contribution in [0.4, 0.5) is 0 Å². The summed E-state index contributed by atoms with van der Waals surface area (Å²) in [6.07, 6.45) is 2.61. The SMILES string of the molecule is CCOC(=O)C1(C(O)c2ccccc2)CCCC1. The first-order chi connectivity index (χ1) is 8.70. The Labute approximate surface area is 108 Å². The predicted molar refractivity (Wildman–Crippen MR) is 68.9 cm³/mol. The molecular formula is C15H20O3. The molecule has 0 radical (unpaired) electrons. The van der Waals surface area contributed by atoms with Gasteiger partial charge in [0.25, 0.3) is 0 Å². The highest BCUT2D eigenvalue weighted by Gasteiger charge is 2.48. The Morgan fingerprint density at radius 3 is 2.50 bits per heavy atom. The molecule has 0 saturated heterocycles. The van der Waals surface area contributed by atoms with Crippen molar-refractivity contribution < 1.29 is 14.6 Å². The standard InChI is InChI=1S/C15H20O3/c1-2-18-14(17)15(10-6-7-11-15)13(16)12-8-4-3-5-9-12/h3-5,8-9,13,16H,2,6-7,10-11H2,1H3. The number of benzene rings is 1. The molecule has 0 bridgehead atoms. The number of carbonyl (C=O) groups excluding carboxylic acids is 1. The third kappa shape index (κ3) is 2.27. The molecule has 1 N–H and O–H groups in total. The fourth-order valence-corrected chi connectivity index (χ4v) is 2.82. The van der Waals surface area contributed by atoms with Gasteiger partial charge >= 0.3 is 5.97 Å². The van der Waals surface area contributed by atoms with Gasteiger partial charge in [0.1, 0.15) is 0 Å². The maximum Gasteiger partial charge on any atom is 0.315 e. The van der Waals surface area contributed by atoms with Gasteiger partial charge in [0.05, 0.1) is 18.1 Å². The summed E-state index contributed by atoms with van der Waals surface area (Å²) in [6.45, 7) is 2.16. The predicted octanol–water partition coefficient (Wildman–Crippen LogP) is 2.84. The van der Waals surface area contributed by atoms with Crippen LogP contribution in [0.5, 0.6) is 0 Å². The molecule has 1 atom stereocenters. The van der Waals surface area contributed by atoms with Crippen molar-refractivity contribution in [1.29, 1.82) is 0 Å². The molecular weight excluding hydrogens is 228 g/mol. The number of aliphatic hydroxyl groups is 1. The maximum absolute atomic E-state index is 12.2. The quantitative estimate of drug-likeness (QED) is 0.833. The van der Waals surface area contributed by atoms with Crippen molar-refractivity contribution in [1.82, 2.24) is 0 Å². The smallest absolute Gasteiger partial charge is 0.315 e. The zero-order chi connectivity index (χ0) is 13.0. The second kappa shape index (κ2) is 5.53. The van der Waals surface area contributed by atoms with Gasteiger partial charge in [-0.3, -0.25) is 4.79 Å². The number of hydrogen-bond donors (Lipinski definition) is 1. The summed E-state index contributed by atoms with van der Waals surface area (Å²) in [7, 11) is 0. The summed E-state index contributed by atoms with van der Waals surface area (Å²) in [4.78, 5) is 12.2. The van der Waals surface area contributed by atoms with Crippen LogP contribution in [0, 0.1) is 5.41 Å². The second-order valence-corrected chi connectivity index (χ2v) is 4.90. The first-order valence-electron chi connectivity index (χ1n) is 6.61. The molecule has 0 amide bonds. The Hall–Kier alpha value is -1.35. The molecule has 1 unspecified atom stereocenters. The minimum atomic E-state index is -0.764. The Balaban J connectivity index is 2.27. The van der Waals surface area contributed by atoms with Gasteiger partial charge in [-0.05, 0) is 25.3 Å². The van der Waals surface area contributed by atoms with Gasteiger partial charge in [-0.25, -0.2) is 0 Å². The number of aliphatic hydroxyl groups excluding tert-OH is 1. The van der Waals surface area contributed by atoms with E-state index in [1.165, 1.54) is 0 Å². The molecule has 1 saturated carbocycles. The Morgan fingerprint density at radius 1 is 1.33 bits per heavy atom. The highest BCUT2D eigenvalue weighted by Crippen LogP contribution is 2.48. The molecule has 2 rings (SSSR count). The monoisotopic (exact) mass is 248 g/mol. The zero-order valence-electron chi connectivity index (χ0n) is 10.8. The third-order valence-corrected chi connectivity index (χ3v) is 3.82. The van der Waals surface area contributed by atoms with Crippen molar-refractivity contribution in [3.63, 3.8) is 0 Å². The Morgan fingerprint density at radius 2 is 1.94 bits per heavy atom. The molecule has 0 spiro atoms. The highest BCUT2D eigenvalue weighted by atomic mass is 16.5. The van der Waals surface area contributed by atoms with Crippen LogP contribution in [0.25, 0.3) is 0 Å². The fraction of sp³-hybridized carbons (Fsp3) is 0.533. The molecule has 1 fully saturated rings. The number of carbonyl (C=O) groups is 1. The molecule has 3 nitrogen and oxygen atoms in total. The molecule has 1 aromatic rings. The van der Waals surface area contributed by atoms with E-state index in [4.69, 9.17) is 4.74 Å². The second-order valence-electron chi connectivity index (χ2n) is 4.90. The minimum Gasteiger partial charge on any atom is -0.465 e. The molecule has 1 aliphatic carbocycles. The number of hydrogen-bond acceptors (Lipinski definition) is 3. The first kappa shape index (κ1) is 13.1. The Kier molecular flexibility index (Phi) is 4.02. The molecule has 3 heteroatoms. The van der Waals surface area contributed by atoms with Crippen LogP contribution >= 0.6 is 0 Å². The van der Waals surface area contributed by atoms with E-state index >= 15 is 0 Å². The van der Waals surface area contributed by atoms with Crippen LogP contribution in [-0.2, 0) is 9.53 Å². The molecule has 1 aromatic carbocycles. The summed E-state index contributed by atoms with van der Waals surface area (Å²) in [5, 5.41) is 10.6. The van der Waals surface area contributed by atoms with E-state index in [-0.39, 0.29) is 5.97 Å². The van der Waals surface area contributed by atoms with Gasteiger partial charge in [-0.15, -0.1) is 0 Å². The summed E-state index contributed by atoms with van der Waals surface area (Å²) in [6, 6.07) is 9.40. The summed E-state index contributed by atoms with van der Waals surface area (Å²) >= 11 is 0. The van der Waals surface area contributed by atoms with E-state index in [0.717, 1.165) is 18.4 Å². The lowest BCUT2D eigenvalue weighted by molar-refractivity contribution is -0.163. The summed E-state index contributed by atoms with van der Waals surface area (Å²) < 4.78 is 5.17. The molecule has 0 aromatic heterocycles. The first-order valence-corrected chi connectivity index (χ1v) is 6.61. The van der Waals surface area contributed by atoms with Crippen LogP contribution in [0.15, 0.2) is 30.3 Å². The zero-order valence-corrected chi connectivity index (χ0v) is 10.8. The topological polar surface area (TPSA) is 46.5 Å². The van der Waals surface area contributed by atoms with Crippen LogP contribution < -0.4 is 0 Å². The van der Waals surface area contributed by atoms with Crippen molar-refractivity contribution >= 4 is 5.97 Å². The van der Waals surface area contributed by atoms with E-state index in [0.29, 0.717) is 19.4 Å². The lowest BCUT2D eigenvalue weighted by Crippen LogP contribution is -2.36. The lowest BCUT2D eigenvalue weighted by atomic mass is 9.77. The van der Waals surface area contributed by atoms with Crippen LogP contribution in [0.1, 0.15) is 44.3 Å². The van der Waals surface area contributed by atoms with Crippen LogP contribution in [-0.4, -0.2) is 17.7 Å². The van der Waals surface area contributed by atoms with Crippen molar-refractivity contribution in [2.24, 2.45) is 5.41 Å².